The standard InChI is InChI=1S/C68H58N2S3Se2/c1-35-27-39(5)61(40(6)28-35)65-47-13-15-49(69-47)67(63-43(9)31-37(3)32-44(63)10)59-25-23-57(74-59)58-24-26-60(75-58)68(64-45(11)33-38(4)34-46(64)12)50-16-14-48(70-50)66(62-41(7)29-36(2)30-42(62)8)56-22-20-54(73-56)52-18-17-51(71-52)53-19-21-55(65)72-53/h13-34H,1-12H3. The zero-order valence-electron chi connectivity index (χ0n) is 44.6. The van der Waals surface area contributed by atoms with Gasteiger partial charge in [-0.25, -0.2) is 0 Å². The van der Waals surface area contributed by atoms with Crippen LogP contribution in [0.15, 0.2) is 109 Å². The number of hydrogen-bond donors (Lipinski definition) is 0. The Bertz CT molecular complexity index is 4070. The number of rotatable bonds is 4. The summed E-state index contributed by atoms with van der Waals surface area (Å²) in [5.41, 5.74) is 29.6. The van der Waals surface area contributed by atoms with Crippen molar-refractivity contribution in [3.63, 3.8) is 0 Å². The molecular formula is C68H58N2S3Se2. The summed E-state index contributed by atoms with van der Waals surface area (Å²) in [4.78, 5) is 11.5. The number of aryl methyl sites for hydroxylation is 12. The zero-order chi connectivity index (χ0) is 52.1. The van der Waals surface area contributed by atoms with Gasteiger partial charge in [0.25, 0.3) is 0 Å². The second-order valence-electron chi connectivity index (χ2n) is 20.8. The monoisotopic (exact) mass is 1160 g/mol. The summed E-state index contributed by atoms with van der Waals surface area (Å²) in [7, 11) is 0. The summed E-state index contributed by atoms with van der Waals surface area (Å²) < 4.78 is 13.2. The van der Waals surface area contributed by atoms with E-state index in [1.54, 1.807) is 0 Å². The topological polar surface area (TPSA) is 25.8 Å². The summed E-state index contributed by atoms with van der Waals surface area (Å²) in [6.07, 6.45) is 9.18. The second kappa shape index (κ2) is 19.5. The van der Waals surface area contributed by atoms with Crippen LogP contribution in [0.3, 0.4) is 0 Å². The average Bonchev–Trinajstić information content (AvgIpc) is 4.19. The molecule has 0 atom stereocenters. The van der Waals surface area contributed by atoms with Gasteiger partial charge in [-0.05, 0) is 0 Å². The molecule has 2 aliphatic rings. The van der Waals surface area contributed by atoms with E-state index in [1.165, 1.54) is 157 Å². The minimum atomic E-state index is 0.0506. The molecular weight excluding hydrogens is 1100 g/mol. The van der Waals surface area contributed by atoms with Crippen molar-refractivity contribution in [3.05, 3.63) is 199 Å². The SMILES string of the molecule is Cc1cc(C)c(-c2c3nc(c(-c4c(C)cc(C)cc4C)c4ccc([se]4)c4ccc([se]4)c(-c4c(C)cc(C)cc4C)c4nc(c(-c5c(C)cc(C)cc5C)c5ccc(s5)c5ccc(s5)c5ccc2s5)C=C4)C=C3)c(C)c1. The van der Waals surface area contributed by atoms with Gasteiger partial charge in [0.2, 0.25) is 0 Å². The molecule has 10 aromatic rings. The summed E-state index contributed by atoms with van der Waals surface area (Å²) in [6.45, 7) is 27.1. The molecule has 14 bridgehead atoms. The number of benzene rings is 4. The number of thiophene rings is 3. The second-order valence-corrected chi connectivity index (χ2v) is 28.6. The molecule has 0 saturated heterocycles. The first-order chi connectivity index (χ1) is 36.1. The number of fused-ring (bicyclic) bond motifs is 17. The Kier molecular flexibility index (Phi) is 13.0. The number of nitrogens with zero attached hydrogens (tertiary/aromatic N) is 2. The molecule has 0 saturated carbocycles. The van der Waals surface area contributed by atoms with Crippen LogP contribution in [-0.2, 0) is 0 Å². The van der Waals surface area contributed by atoms with Gasteiger partial charge in [-0.2, -0.15) is 0 Å². The maximum absolute atomic E-state index is 5.76. The number of hydrogen-bond acceptors (Lipinski definition) is 5. The molecule has 0 spiro atoms. The molecule has 12 rings (SSSR count). The fourth-order valence-electron chi connectivity index (χ4n) is 12.1. The fourth-order valence-corrected chi connectivity index (χ4v) is 20.5. The van der Waals surface area contributed by atoms with Crippen LogP contribution in [0.1, 0.15) is 89.5 Å². The van der Waals surface area contributed by atoms with Gasteiger partial charge < -0.3 is 0 Å². The van der Waals surface area contributed by atoms with E-state index in [4.69, 9.17) is 9.97 Å². The zero-order valence-corrected chi connectivity index (χ0v) is 50.5. The Balaban J connectivity index is 1.25. The van der Waals surface area contributed by atoms with Gasteiger partial charge in [0.15, 0.2) is 0 Å². The van der Waals surface area contributed by atoms with Crippen LogP contribution in [-0.4, -0.2) is 39.0 Å². The first-order valence-electron chi connectivity index (χ1n) is 25.7. The molecule has 7 heteroatoms. The minimum absolute atomic E-state index is 0.0506. The van der Waals surface area contributed by atoms with Crippen molar-refractivity contribution < 1.29 is 0 Å². The Labute approximate surface area is 465 Å². The third-order valence-electron chi connectivity index (χ3n) is 14.8. The molecule has 0 amide bonds. The van der Waals surface area contributed by atoms with Crippen LogP contribution in [0, 0.1) is 83.1 Å². The summed E-state index contributed by atoms with van der Waals surface area (Å²) in [5.74, 6) is 0. The Morgan fingerprint density at radius 3 is 0.773 bits per heavy atom. The van der Waals surface area contributed by atoms with E-state index < -0.39 is 0 Å². The van der Waals surface area contributed by atoms with Crippen LogP contribution in [0.25, 0.3) is 114 Å². The van der Waals surface area contributed by atoms with Crippen LogP contribution in [0.4, 0.5) is 0 Å². The van der Waals surface area contributed by atoms with Crippen LogP contribution in [0.5, 0.6) is 0 Å². The van der Waals surface area contributed by atoms with Gasteiger partial charge in [0.05, 0.1) is 0 Å². The van der Waals surface area contributed by atoms with Crippen molar-refractivity contribution in [1.82, 2.24) is 9.97 Å². The Morgan fingerprint density at radius 2 is 0.480 bits per heavy atom. The van der Waals surface area contributed by atoms with E-state index in [9.17, 15) is 0 Å². The molecule has 370 valence electrons. The van der Waals surface area contributed by atoms with Gasteiger partial charge in [-0.3, -0.25) is 0 Å². The van der Waals surface area contributed by atoms with Crippen molar-refractivity contribution >= 4 is 133 Å². The van der Waals surface area contributed by atoms with Gasteiger partial charge in [-0.1, -0.05) is 0 Å². The Hall–Kier alpha value is -5.98. The maximum atomic E-state index is 5.76. The summed E-state index contributed by atoms with van der Waals surface area (Å²) in [5, 5.41) is 0. The van der Waals surface area contributed by atoms with Gasteiger partial charge in [-0.15, -0.1) is 0 Å². The Morgan fingerprint density at radius 1 is 0.253 bits per heavy atom. The van der Waals surface area contributed by atoms with Gasteiger partial charge >= 0.3 is 469 Å². The molecule has 75 heavy (non-hydrogen) atoms. The molecule has 4 aromatic carbocycles. The van der Waals surface area contributed by atoms with E-state index >= 15 is 0 Å². The van der Waals surface area contributed by atoms with Crippen molar-refractivity contribution in [1.29, 1.82) is 0 Å². The molecule has 0 unspecified atom stereocenters. The van der Waals surface area contributed by atoms with E-state index in [2.05, 4.69) is 217 Å². The predicted molar refractivity (Wildman–Crippen MR) is 335 cm³/mol. The first kappa shape index (κ1) is 49.9. The molecule has 0 N–H and O–H groups in total. The van der Waals surface area contributed by atoms with Gasteiger partial charge in [0, 0.05) is 0 Å². The first-order valence-corrected chi connectivity index (χ1v) is 31.6. The van der Waals surface area contributed by atoms with Crippen LogP contribution >= 0.6 is 34.0 Å². The third kappa shape index (κ3) is 9.05. The fraction of sp³-hybridized carbons (Fsp3) is 0.176. The molecule has 6 aromatic heterocycles. The summed E-state index contributed by atoms with van der Waals surface area (Å²) in [6, 6.07) is 42.4. The van der Waals surface area contributed by atoms with E-state index in [-0.39, 0.29) is 29.0 Å². The average molecular weight is 1160 g/mol. The summed E-state index contributed by atoms with van der Waals surface area (Å²) >= 11 is 5.74. The normalized spacial score (nSPS) is 12.2. The van der Waals surface area contributed by atoms with E-state index in [0.717, 1.165) is 22.8 Å². The number of aromatic nitrogens is 2. The van der Waals surface area contributed by atoms with Crippen molar-refractivity contribution in [2.45, 2.75) is 83.1 Å². The van der Waals surface area contributed by atoms with Crippen LogP contribution < -0.4 is 0 Å². The van der Waals surface area contributed by atoms with Crippen molar-refractivity contribution in [2.24, 2.45) is 0 Å². The molecule has 2 aliphatic heterocycles. The molecule has 0 aliphatic carbocycles. The molecule has 0 fully saturated rings. The quantitative estimate of drug-likeness (QED) is 0.164. The molecule has 0 radical (unpaired) electrons. The van der Waals surface area contributed by atoms with E-state index in [0.29, 0.717) is 0 Å². The van der Waals surface area contributed by atoms with E-state index in [1.807, 2.05) is 34.0 Å². The van der Waals surface area contributed by atoms with Crippen molar-refractivity contribution in [2.75, 3.05) is 0 Å². The van der Waals surface area contributed by atoms with Crippen LogP contribution in [0.2, 0.25) is 0 Å². The molecule has 8 heterocycles. The molecule has 2 nitrogen and oxygen atoms in total. The van der Waals surface area contributed by atoms with Crippen molar-refractivity contribution in [3.8, 4) is 44.5 Å². The predicted octanol–water partition coefficient (Wildman–Crippen LogP) is 19.8. The third-order valence-corrected chi connectivity index (χ3v) is 23.9. The van der Waals surface area contributed by atoms with Gasteiger partial charge in [0.1, 0.15) is 0 Å².